The van der Waals surface area contributed by atoms with Gasteiger partial charge in [-0.15, -0.1) is 6.42 Å². The molecule has 1 amide bonds. The molecule has 118 valence electrons. The van der Waals surface area contributed by atoms with Gasteiger partial charge in [0.05, 0.1) is 7.11 Å². The van der Waals surface area contributed by atoms with Crippen LogP contribution in [-0.2, 0) is 6.54 Å². The Labute approximate surface area is 143 Å². The molecule has 0 heterocycles. The van der Waals surface area contributed by atoms with Crippen LogP contribution in [0.5, 0.6) is 11.5 Å². The van der Waals surface area contributed by atoms with Gasteiger partial charge < -0.3 is 14.8 Å². The van der Waals surface area contributed by atoms with E-state index in [4.69, 9.17) is 15.9 Å². The van der Waals surface area contributed by atoms with E-state index >= 15 is 0 Å². The highest BCUT2D eigenvalue weighted by atomic mass is 79.9. The van der Waals surface area contributed by atoms with Crippen molar-refractivity contribution in [2.45, 2.75) is 6.54 Å². The van der Waals surface area contributed by atoms with Crippen molar-refractivity contribution in [1.29, 1.82) is 0 Å². The molecule has 0 bridgehead atoms. The Balaban J connectivity index is 2.03. The summed E-state index contributed by atoms with van der Waals surface area (Å²) in [5, 5.41) is 2.86. The molecule has 23 heavy (non-hydrogen) atoms. The number of amides is 1. The van der Waals surface area contributed by atoms with E-state index in [-0.39, 0.29) is 12.5 Å². The Morgan fingerprint density at radius 3 is 2.61 bits per heavy atom. The second-order valence-corrected chi connectivity index (χ2v) is 5.58. The molecule has 0 unspecified atom stereocenters. The minimum atomic E-state index is -0.139. The summed E-state index contributed by atoms with van der Waals surface area (Å²) in [6.07, 6.45) is 5.20. The number of hydrogen-bond acceptors (Lipinski definition) is 3. The van der Waals surface area contributed by atoms with Crippen LogP contribution in [0, 0.1) is 12.3 Å². The summed E-state index contributed by atoms with van der Waals surface area (Å²) in [6.45, 7) is 0.538. The minimum absolute atomic E-state index is 0.139. The lowest BCUT2D eigenvalue weighted by Gasteiger charge is -2.11. The second-order valence-electron chi connectivity index (χ2n) is 4.67. The summed E-state index contributed by atoms with van der Waals surface area (Å²) in [6, 6.07) is 12.6. The van der Waals surface area contributed by atoms with Crippen molar-refractivity contribution in [1.82, 2.24) is 5.32 Å². The molecule has 0 radical (unpaired) electrons. The average molecular weight is 374 g/mol. The maximum absolute atomic E-state index is 12.1. The van der Waals surface area contributed by atoms with Crippen LogP contribution in [-0.4, -0.2) is 19.6 Å². The van der Waals surface area contributed by atoms with Gasteiger partial charge in [-0.2, -0.15) is 0 Å². The van der Waals surface area contributed by atoms with Gasteiger partial charge in [0, 0.05) is 16.6 Å². The molecular formula is C18H16BrNO3. The van der Waals surface area contributed by atoms with Gasteiger partial charge in [0.1, 0.15) is 6.61 Å². The van der Waals surface area contributed by atoms with Crippen molar-refractivity contribution in [3.05, 3.63) is 58.1 Å². The lowest BCUT2D eigenvalue weighted by atomic mass is 10.1. The van der Waals surface area contributed by atoms with Crippen LogP contribution in [0.4, 0.5) is 0 Å². The van der Waals surface area contributed by atoms with E-state index in [0.717, 1.165) is 10.0 Å². The van der Waals surface area contributed by atoms with Gasteiger partial charge in [-0.25, -0.2) is 0 Å². The SMILES string of the molecule is C#CCOc1cc(CNC(=O)c2ccc(Br)cc2)ccc1OC. The maximum atomic E-state index is 12.1. The first kappa shape index (κ1) is 16.9. The first-order valence-corrected chi connectivity index (χ1v) is 7.70. The van der Waals surface area contributed by atoms with Gasteiger partial charge in [-0.05, 0) is 42.0 Å². The number of halogens is 1. The topological polar surface area (TPSA) is 47.6 Å². The maximum Gasteiger partial charge on any atom is 0.251 e. The number of ether oxygens (including phenoxy) is 2. The number of hydrogen-bond donors (Lipinski definition) is 1. The molecule has 1 N–H and O–H groups in total. The molecule has 0 fully saturated rings. The number of terminal acetylenes is 1. The Morgan fingerprint density at radius 2 is 1.96 bits per heavy atom. The van der Waals surface area contributed by atoms with Crippen molar-refractivity contribution >= 4 is 21.8 Å². The number of carbonyl (C=O) groups is 1. The van der Waals surface area contributed by atoms with Crippen LogP contribution in [0.3, 0.4) is 0 Å². The fraction of sp³-hybridized carbons (Fsp3) is 0.167. The molecule has 4 nitrogen and oxygen atoms in total. The standard InChI is InChI=1S/C18H16BrNO3/c1-3-10-23-17-11-13(4-9-16(17)22-2)12-20-18(21)14-5-7-15(19)8-6-14/h1,4-9,11H,10,12H2,2H3,(H,20,21). The first-order valence-electron chi connectivity index (χ1n) is 6.91. The van der Waals surface area contributed by atoms with Crippen molar-refractivity contribution in [3.63, 3.8) is 0 Å². The molecular weight excluding hydrogens is 358 g/mol. The molecule has 0 spiro atoms. The fourth-order valence-electron chi connectivity index (χ4n) is 1.95. The van der Waals surface area contributed by atoms with Gasteiger partial charge >= 0.3 is 0 Å². The third kappa shape index (κ3) is 4.76. The van der Waals surface area contributed by atoms with Crippen LogP contribution in [0.15, 0.2) is 46.9 Å². The fourth-order valence-corrected chi connectivity index (χ4v) is 2.21. The van der Waals surface area contributed by atoms with E-state index in [1.54, 1.807) is 31.4 Å². The monoisotopic (exact) mass is 373 g/mol. The largest absolute Gasteiger partial charge is 0.493 e. The van der Waals surface area contributed by atoms with Gasteiger partial charge in [0.2, 0.25) is 0 Å². The lowest BCUT2D eigenvalue weighted by molar-refractivity contribution is 0.0951. The van der Waals surface area contributed by atoms with Crippen molar-refractivity contribution < 1.29 is 14.3 Å². The predicted molar refractivity (Wildman–Crippen MR) is 92.6 cm³/mol. The molecule has 0 aliphatic rings. The van der Waals surface area contributed by atoms with E-state index in [1.165, 1.54) is 0 Å². The van der Waals surface area contributed by atoms with Gasteiger partial charge in [-0.3, -0.25) is 4.79 Å². The van der Waals surface area contributed by atoms with Crippen molar-refractivity contribution in [3.8, 4) is 23.8 Å². The highest BCUT2D eigenvalue weighted by molar-refractivity contribution is 9.10. The molecule has 0 aromatic heterocycles. The molecule has 0 aliphatic carbocycles. The molecule has 0 atom stereocenters. The number of carbonyl (C=O) groups excluding carboxylic acids is 1. The molecule has 2 rings (SSSR count). The van der Waals surface area contributed by atoms with E-state index in [9.17, 15) is 4.79 Å². The lowest BCUT2D eigenvalue weighted by Crippen LogP contribution is -2.22. The number of rotatable bonds is 6. The summed E-state index contributed by atoms with van der Waals surface area (Å²) < 4.78 is 11.6. The smallest absolute Gasteiger partial charge is 0.251 e. The second kappa shape index (κ2) is 8.25. The van der Waals surface area contributed by atoms with Crippen LogP contribution in [0.1, 0.15) is 15.9 Å². The molecule has 0 saturated carbocycles. The molecule has 0 saturated heterocycles. The summed E-state index contributed by atoms with van der Waals surface area (Å²) >= 11 is 3.34. The van der Waals surface area contributed by atoms with Crippen molar-refractivity contribution in [2.75, 3.05) is 13.7 Å². The summed E-state index contributed by atoms with van der Waals surface area (Å²) in [4.78, 5) is 12.1. The number of benzene rings is 2. The molecule has 2 aromatic carbocycles. The highest BCUT2D eigenvalue weighted by Gasteiger charge is 2.08. The first-order chi connectivity index (χ1) is 11.1. The summed E-state index contributed by atoms with van der Waals surface area (Å²) in [5.41, 5.74) is 1.49. The zero-order chi connectivity index (χ0) is 16.7. The highest BCUT2D eigenvalue weighted by Crippen LogP contribution is 2.28. The van der Waals surface area contributed by atoms with E-state index in [1.807, 2.05) is 18.2 Å². The minimum Gasteiger partial charge on any atom is -0.493 e. The van der Waals surface area contributed by atoms with Crippen molar-refractivity contribution in [2.24, 2.45) is 0 Å². The Hall–Kier alpha value is -2.45. The number of methoxy groups -OCH3 is 1. The molecule has 5 heteroatoms. The van der Waals surface area contributed by atoms with E-state index in [2.05, 4.69) is 27.2 Å². The van der Waals surface area contributed by atoms with Crippen LogP contribution in [0.25, 0.3) is 0 Å². The average Bonchev–Trinajstić information content (AvgIpc) is 2.58. The Morgan fingerprint density at radius 1 is 1.22 bits per heavy atom. The van der Waals surface area contributed by atoms with Crippen LogP contribution >= 0.6 is 15.9 Å². The quantitative estimate of drug-likeness (QED) is 0.789. The summed E-state index contributed by atoms with van der Waals surface area (Å²) in [5.74, 6) is 3.43. The van der Waals surface area contributed by atoms with Gasteiger partial charge in [0.15, 0.2) is 11.5 Å². The van der Waals surface area contributed by atoms with Crippen LogP contribution < -0.4 is 14.8 Å². The van der Waals surface area contributed by atoms with Gasteiger partial charge in [-0.1, -0.05) is 27.9 Å². The third-order valence-electron chi connectivity index (χ3n) is 3.10. The third-order valence-corrected chi connectivity index (χ3v) is 3.63. The predicted octanol–water partition coefficient (Wildman–Crippen LogP) is 3.40. The number of nitrogens with one attached hydrogen (secondary N) is 1. The zero-order valence-corrected chi connectivity index (χ0v) is 14.2. The normalized spacial score (nSPS) is 9.78. The van der Waals surface area contributed by atoms with Gasteiger partial charge in [0.25, 0.3) is 5.91 Å². The Kier molecular flexibility index (Phi) is 6.07. The zero-order valence-electron chi connectivity index (χ0n) is 12.6. The van der Waals surface area contributed by atoms with Crippen LogP contribution in [0.2, 0.25) is 0 Å². The summed E-state index contributed by atoms with van der Waals surface area (Å²) in [7, 11) is 1.56. The molecule has 0 aliphatic heterocycles. The van der Waals surface area contributed by atoms with E-state index < -0.39 is 0 Å². The Bertz CT molecular complexity index is 720. The van der Waals surface area contributed by atoms with E-state index in [0.29, 0.717) is 23.6 Å². The molecule has 2 aromatic rings.